The molecule has 1 heterocycles. The molecule has 1 rings (SSSR count). The minimum absolute atomic E-state index is 0.0324. The van der Waals surface area contributed by atoms with Gasteiger partial charge >= 0.3 is 0 Å². The van der Waals surface area contributed by atoms with Crippen LogP contribution in [-0.2, 0) is 0 Å². The van der Waals surface area contributed by atoms with E-state index in [9.17, 15) is 10.1 Å². The van der Waals surface area contributed by atoms with Crippen molar-refractivity contribution in [1.29, 1.82) is 0 Å². The molecular formula is C6H5NO2S. The fourth-order valence-electron chi connectivity index (χ4n) is 0.533. The summed E-state index contributed by atoms with van der Waals surface area (Å²) in [5, 5.41) is 11.9. The highest BCUT2D eigenvalue weighted by Crippen LogP contribution is 2.17. The molecule has 52 valence electrons. The zero-order valence-corrected chi connectivity index (χ0v) is 5.93. The van der Waals surface area contributed by atoms with Crippen LogP contribution in [-0.4, -0.2) is 4.92 Å². The molecule has 0 fully saturated rings. The Bertz CT molecular complexity index is 253. The van der Waals surface area contributed by atoms with Crippen LogP contribution in [0.3, 0.4) is 0 Å². The first-order valence-corrected chi connectivity index (χ1v) is 3.47. The number of hydrogen-bond donors (Lipinski definition) is 0. The number of hydrogen-bond acceptors (Lipinski definition) is 3. The second-order valence-electron chi connectivity index (χ2n) is 1.68. The highest BCUT2D eigenvalue weighted by Gasteiger charge is 2.09. The lowest BCUT2D eigenvalue weighted by molar-refractivity contribution is -0.374. The summed E-state index contributed by atoms with van der Waals surface area (Å²) in [5.74, 6) is 0. The largest absolute Gasteiger partial charge is 0.279 e. The molecule has 0 atom stereocenters. The smallest absolute Gasteiger partial charge is 0.258 e. The van der Waals surface area contributed by atoms with Crippen LogP contribution in [0.5, 0.6) is 0 Å². The first-order valence-electron chi connectivity index (χ1n) is 2.59. The standard InChI is InChI=1S/C6H5NO2S/c1-5(7(8)9)6-3-2-4-10-6/h2-4H,1H2. The van der Waals surface area contributed by atoms with E-state index >= 15 is 0 Å². The maximum atomic E-state index is 10.1. The summed E-state index contributed by atoms with van der Waals surface area (Å²) >= 11 is 1.32. The van der Waals surface area contributed by atoms with Crippen molar-refractivity contribution < 1.29 is 4.92 Å². The van der Waals surface area contributed by atoms with Crippen molar-refractivity contribution in [1.82, 2.24) is 0 Å². The first-order chi connectivity index (χ1) is 4.72. The molecule has 0 aliphatic rings. The molecule has 0 unspecified atom stereocenters. The lowest BCUT2D eigenvalue weighted by Crippen LogP contribution is -1.92. The highest BCUT2D eigenvalue weighted by molar-refractivity contribution is 7.11. The second kappa shape index (κ2) is 2.62. The number of rotatable bonds is 2. The molecule has 1 aromatic heterocycles. The van der Waals surface area contributed by atoms with Gasteiger partial charge in [-0.3, -0.25) is 10.1 Å². The summed E-state index contributed by atoms with van der Waals surface area (Å²) in [6.07, 6.45) is 0. The minimum Gasteiger partial charge on any atom is -0.258 e. The molecule has 0 bridgehead atoms. The van der Waals surface area contributed by atoms with E-state index in [1.807, 2.05) is 0 Å². The molecule has 0 aromatic carbocycles. The predicted octanol–water partition coefficient (Wildman–Crippen LogP) is 2.00. The molecule has 0 radical (unpaired) electrons. The van der Waals surface area contributed by atoms with Gasteiger partial charge in [0.1, 0.15) is 4.88 Å². The second-order valence-corrected chi connectivity index (χ2v) is 2.63. The maximum absolute atomic E-state index is 10.1. The number of nitrogens with zero attached hydrogens (tertiary/aromatic N) is 1. The van der Waals surface area contributed by atoms with Gasteiger partial charge in [-0.25, -0.2) is 0 Å². The van der Waals surface area contributed by atoms with E-state index in [4.69, 9.17) is 0 Å². The van der Waals surface area contributed by atoms with Crippen LogP contribution < -0.4 is 0 Å². The maximum Gasteiger partial charge on any atom is 0.279 e. The van der Waals surface area contributed by atoms with Crippen molar-refractivity contribution in [3.8, 4) is 0 Å². The Labute approximate surface area is 61.8 Å². The van der Waals surface area contributed by atoms with Gasteiger partial charge in [0.15, 0.2) is 0 Å². The van der Waals surface area contributed by atoms with Crippen LogP contribution in [0.25, 0.3) is 5.70 Å². The van der Waals surface area contributed by atoms with Crippen molar-refractivity contribution in [2.24, 2.45) is 0 Å². The Balaban J connectivity index is 2.88. The molecule has 0 spiro atoms. The summed E-state index contributed by atoms with van der Waals surface area (Å²) in [4.78, 5) is 10.2. The quantitative estimate of drug-likeness (QED) is 0.484. The number of nitro groups is 1. The Hall–Kier alpha value is -1.16. The third-order valence-corrected chi connectivity index (χ3v) is 1.94. The van der Waals surface area contributed by atoms with E-state index in [-0.39, 0.29) is 5.70 Å². The molecule has 1 aromatic rings. The summed E-state index contributed by atoms with van der Waals surface area (Å²) in [6.45, 7) is 3.31. The Morgan fingerprint density at radius 2 is 2.50 bits per heavy atom. The topological polar surface area (TPSA) is 43.1 Å². The van der Waals surface area contributed by atoms with Gasteiger partial charge in [-0.15, -0.1) is 11.3 Å². The number of thiophene rings is 1. The predicted molar refractivity (Wildman–Crippen MR) is 40.3 cm³/mol. The van der Waals surface area contributed by atoms with Crippen molar-refractivity contribution >= 4 is 17.0 Å². The third kappa shape index (κ3) is 1.22. The van der Waals surface area contributed by atoms with E-state index in [0.717, 1.165) is 0 Å². The van der Waals surface area contributed by atoms with Crippen LogP contribution in [0.1, 0.15) is 4.88 Å². The van der Waals surface area contributed by atoms with Crippen LogP contribution in [0.4, 0.5) is 0 Å². The van der Waals surface area contributed by atoms with Gasteiger partial charge in [0, 0.05) is 0 Å². The molecule has 0 amide bonds. The van der Waals surface area contributed by atoms with Gasteiger partial charge < -0.3 is 0 Å². The molecule has 0 saturated heterocycles. The molecule has 0 aliphatic carbocycles. The third-order valence-electron chi connectivity index (χ3n) is 1.03. The van der Waals surface area contributed by atoms with Gasteiger partial charge in [-0.2, -0.15) is 0 Å². The van der Waals surface area contributed by atoms with Crippen LogP contribution >= 0.6 is 11.3 Å². The molecule has 0 aliphatic heterocycles. The molecular weight excluding hydrogens is 150 g/mol. The van der Waals surface area contributed by atoms with Gasteiger partial charge in [0.2, 0.25) is 0 Å². The van der Waals surface area contributed by atoms with Crippen LogP contribution in [0, 0.1) is 10.1 Å². The Kier molecular flexibility index (Phi) is 1.82. The monoisotopic (exact) mass is 155 g/mol. The average Bonchev–Trinajstić information content (AvgIpc) is 2.36. The lowest BCUT2D eigenvalue weighted by Gasteiger charge is -1.88. The van der Waals surface area contributed by atoms with Crippen molar-refractivity contribution in [2.75, 3.05) is 0 Å². The average molecular weight is 155 g/mol. The van der Waals surface area contributed by atoms with E-state index < -0.39 is 4.92 Å². The normalized spacial score (nSPS) is 9.20. The van der Waals surface area contributed by atoms with Gasteiger partial charge in [-0.05, 0) is 18.0 Å². The molecule has 0 saturated carbocycles. The van der Waals surface area contributed by atoms with Crippen LogP contribution in [0.2, 0.25) is 0 Å². The summed E-state index contributed by atoms with van der Waals surface area (Å²) in [7, 11) is 0. The molecule has 10 heavy (non-hydrogen) atoms. The van der Waals surface area contributed by atoms with Gasteiger partial charge in [-0.1, -0.05) is 6.07 Å². The summed E-state index contributed by atoms with van der Waals surface area (Å²) in [6, 6.07) is 3.44. The van der Waals surface area contributed by atoms with E-state index in [1.165, 1.54) is 11.3 Å². The lowest BCUT2D eigenvalue weighted by atomic mass is 10.4. The van der Waals surface area contributed by atoms with E-state index in [0.29, 0.717) is 4.88 Å². The van der Waals surface area contributed by atoms with Gasteiger partial charge in [0.05, 0.1) is 4.92 Å². The molecule has 3 nitrogen and oxygen atoms in total. The van der Waals surface area contributed by atoms with Crippen molar-refractivity contribution in [3.05, 3.63) is 39.1 Å². The fourth-order valence-corrected chi connectivity index (χ4v) is 1.20. The summed E-state index contributed by atoms with van der Waals surface area (Å²) < 4.78 is 0. The molecule has 4 heteroatoms. The summed E-state index contributed by atoms with van der Waals surface area (Å²) in [5.41, 5.74) is -0.0324. The zero-order valence-electron chi connectivity index (χ0n) is 5.11. The highest BCUT2D eigenvalue weighted by atomic mass is 32.1. The van der Waals surface area contributed by atoms with Crippen molar-refractivity contribution in [3.63, 3.8) is 0 Å². The van der Waals surface area contributed by atoms with Crippen molar-refractivity contribution in [2.45, 2.75) is 0 Å². The van der Waals surface area contributed by atoms with E-state index in [2.05, 4.69) is 6.58 Å². The fraction of sp³-hybridized carbons (Fsp3) is 0. The van der Waals surface area contributed by atoms with Crippen LogP contribution in [0.15, 0.2) is 24.1 Å². The Morgan fingerprint density at radius 3 is 2.90 bits per heavy atom. The Morgan fingerprint density at radius 1 is 1.80 bits per heavy atom. The zero-order chi connectivity index (χ0) is 7.56. The first kappa shape index (κ1) is 6.95. The molecule has 0 N–H and O–H groups in total. The minimum atomic E-state index is -0.480. The van der Waals surface area contributed by atoms with Gasteiger partial charge in [0.25, 0.3) is 5.70 Å². The van der Waals surface area contributed by atoms with E-state index in [1.54, 1.807) is 17.5 Å². The SMILES string of the molecule is C=C(c1cccs1)[N+](=O)[O-].